The van der Waals surface area contributed by atoms with Crippen LogP contribution in [0.15, 0.2) is 48.8 Å². The van der Waals surface area contributed by atoms with Crippen LogP contribution in [-0.2, 0) is 5.54 Å². The molecule has 0 radical (unpaired) electrons. The molecule has 6 heteroatoms. The lowest BCUT2D eigenvalue weighted by molar-refractivity contribution is 0.102. The molecule has 3 rings (SSSR count). The van der Waals surface area contributed by atoms with E-state index in [0.717, 1.165) is 11.4 Å². The molecule has 3 aromatic rings. The monoisotopic (exact) mass is 351 g/mol. The zero-order valence-electron chi connectivity index (χ0n) is 15.9. The summed E-state index contributed by atoms with van der Waals surface area (Å²) in [5.74, 6) is 0.0501. The Morgan fingerprint density at radius 2 is 1.88 bits per heavy atom. The minimum absolute atomic E-state index is 0.189. The Bertz CT molecular complexity index is 901. The van der Waals surface area contributed by atoms with Crippen molar-refractivity contribution in [2.75, 3.05) is 5.32 Å². The van der Waals surface area contributed by atoms with Crippen LogP contribution < -0.4 is 5.32 Å². The van der Waals surface area contributed by atoms with Crippen molar-refractivity contribution in [2.24, 2.45) is 0 Å². The molecule has 0 fully saturated rings. The van der Waals surface area contributed by atoms with Crippen molar-refractivity contribution >= 4 is 11.6 Å². The van der Waals surface area contributed by atoms with Gasteiger partial charge in [-0.15, -0.1) is 0 Å². The highest BCUT2D eigenvalue weighted by atomic mass is 16.2. The molecule has 26 heavy (non-hydrogen) atoms. The summed E-state index contributed by atoms with van der Waals surface area (Å²) in [4.78, 5) is 12.8. The van der Waals surface area contributed by atoms with Gasteiger partial charge in [-0.3, -0.25) is 9.48 Å². The fourth-order valence-corrected chi connectivity index (χ4v) is 2.83. The Morgan fingerprint density at radius 3 is 2.46 bits per heavy atom. The zero-order valence-corrected chi connectivity index (χ0v) is 15.9. The number of carbonyl (C=O) groups excluding carboxylic acids is 1. The topological polar surface area (TPSA) is 64.7 Å². The van der Waals surface area contributed by atoms with Gasteiger partial charge in [0.1, 0.15) is 0 Å². The third kappa shape index (κ3) is 3.54. The number of para-hydroxylation sites is 2. The van der Waals surface area contributed by atoms with Gasteiger partial charge in [0.2, 0.25) is 0 Å². The maximum Gasteiger partial charge on any atom is 0.276 e. The number of aromatic nitrogens is 4. The van der Waals surface area contributed by atoms with Gasteiger partial charge in [-0.25, -0.2) is 4.68 Å². The Kier molecular flexibility index (Phi) is 4.68. The predicted octanol–water partition coefficient (Wildman–Crippen LogP) is 4.20. The SMILES string of the molecule is CC(C)c1cc(C(=O)Nc2ccccc2-n2cccn2)nn1C(C)(C)C. The molecule has 1 N–H and O–H groups in total. The lowest BCUT2D eigenvalue weighted by Crippen LogP contribution is -2.26. The van der Waals surface area contributed by atoms with E-state index in [1.165, 1.54) is 0 Å². The van der Waals surface area contributed by atoms with Crippen LogP contribution in [0.2, 0.25) is 0 Å². The Labute approximate surface area is 153 Å². The smallest absolute Gasteiger partial charge is 0.276 e. The molecule has 0 aliphatic carbocycles. The first-order valence-electron chi connectivity index (χ1n) is 8.78. The largest absolute Gasteiger partial charge is 0.319 e. The number of anilines is 1. The van der Waals surface area contributed by atoms with Crippen LogP contribution in [-0.4, -0.2) is 25.5 Å². The lowest BCUT2D eigenvalue weighted by Gasteiger charge is -2.23. The van der Waals surface area contributed by atoms with Crippen molar-refractivity contribution < 1.29 is 4.79 Å². The molecule has 0 aliphatic rings. The van der Waals surface area contributed by atoms with Crippen LogP contribution in [0.25, 0.3) is 5.69 Å². The molecule has 0 aliphatic heterocycles. The molecular formula is C20H25N5O. The molecule has 1 amide bonds. The summed E-state index contributed by atoms with van der Waals surface area (Å²) in [6.45, 7) is 10.5. The maximum absolute atomic E-state index is 12.8. The second-order valence-electron chi connectivity index (χ2n) is 7.61. The van der Waals surface area contributed by atoms with Gasteiger partial charge in [0, 0.05) is 18.1 Å². The number of nitrogens with zero attached hydrogens (tertiary/aromatic N) is 4. The first-order chi connectivity index (χ1) is 12.3. The van der Waals surface area contributed by atoms with Crippen molar-refractivity contribution in [3.63, 3.8) is 0 Å². The molecule has 2 heterocycles. The molecule has 0 spiro atoms. The first-order valence-corrected chi connectivity index (χ1v) is 8.78. The van der Waals surface area contributed by atoms with E-state index in [2.05, 4.69) is 50.1 Å². The van der Waals surface area contributed by atoms with Crippen LogP contribution in [0.4, 0.5) is 5.69 Å². The molecule has 6 nitrogen and oxygen atoms in total. The van der Waals surface area contributed by atoms with Gasteiger partial charge in [-0.2, -0.15) is 10.2 Å². The molecule has 136 valence electrons. The predicted molar refractivity (Wildman–Crippen MR) is 103 cm³/mol. The van der Waals surface area contributed by atoms with E-state index < -0.39 is 0 Å². The van der Waals surface area contributed by atoms with Crippen LogP contribution in [0.1, 0.15) is 56.7 Å². The van der Waals surface area contributed by atoms with Gasteiger partial charge in [-0.1, -0.05) is 26.0 Å². The van der Waals surface area contributed by atoms with Crippen LogP contribution in [0.5, 0.6) is 0 Å². The van der Waals surface area contributed by atoms with E-state index in [1.54, 1.807) is 10.9 Å². The van der Waals surface area contributed by atoms with Gasteiger partial charge in [0.15, 0.2) is 5.69 Å². The molecule has 0 atom stereocenters. The maximum atomic E-state index is 12.8. The van der Waals surface area contributed by atoms with Gasteiger partial charge < -0.3 is 5.32 Å². The van der Waals surface area contributed by atoms with Crippen molar-refractivity contribution in [1.82, 2.24) is 19.6 Å². The normalized spacial score (nSPS) is 11.8. The Balaban J connectivity index is 1.93. The summed E-state index contributed by atoms with van der Waals surface area (Å²) in [6, 6.07) is 11.3. The van der Waals surface area contributed by atoms with Crippen molar-refractivity contribution in [1.29, 1.82) is 0 Å². The molecule has 0 saturated heterocycles. The number of hydrogen-bond donors (Lipinski definition) is 1. The van der Waals surface area contributed by atoms with E-state index in [4.69, 9.17) is 0 Å². The minimum atomic E-state index is -0.227. The Morgan fingerprint density at radius 1 is 1.15 bits per heavy atom. The molecule has 1 aromatic carbocycles. The van der Waals surface area contributed by atoms with E-state index in [9.17, 15) is 4.79 Å². The number of amides is 1. The van der Waals surface area contributed by atoms with E-state index in [1.807, 2.05) is 47.3 Å². The zero-order chi connectivity index (χ0) is 18.9. The molecule has 0 bridgehead atoms. The Hall–Kier alpha value is -2.89. The van der Waals surface area contributed by atoms with E-state index in [0.29, 0.717) is 11.4 Å². The average Bonchev–Trinajstić information content (AvgIpc) is 3.24. The third-order valence-electron chi connectivity index (χ3n) is 4.10. The summed E-state index contributed by atoms with van der Waals surface area (Å²) in [5, 5.41) is 11.8. The van der Waals surface area contributed by atoms with Crippen LogP contribution >= 0.6 is 0 Å². The quantitative estimate of drug-likeness (QED) is 0.766. The van der Waals surface area contributed by atoms with E-state index >= 15 is 0 Å². The molecular weight excluding hydrogens is 326 g/mol. The fourth-order valence-electron chi connectivity index (χ4n) is 2.83. The standard InChI is InChI=1S/C20H25N5O/c1-14(2)18-13-16(23-25(18)20(3,4)5)19(26)22-15-9-6-7-10-17(15)24-12-8-11-21-24/h6-14H,1-5H3,(H,22,26). The van der Waals surface area contributed by atoms with Crippen molar-refractivity contribution in [2.45, 2.75) is 46.1 Å². The summed E-state index contributed by atoms with van der Waals surface area (Å²) in [6.07, 6.45) is 3.55. The number of nitrogens with one attached hydrogen (secondary N) is 1. The number of hydrogen-bond acceptors (Lipinski definition) is 3. The van der Waals surface area contributed by atoms with E-state index in [-0.39, 0.29) is 17.4 Å². The van der Waals surface area contributed by atoms with Gasteiger partial charge >= 0.3 is 0 Å². The summed E-state index contributed by atoms with van der Waals surface area (Å²) in [7, 11) is 0. The van der Waals surface area contributed by atoms with Crippen LogP contribution in [0, 0.1) is 0 Å². The van der Waals surface area contributed by atoms with Crippen molar-refractivity contribution in [3.8, 4) is 5.69 Å². The fraction of sp³-hybridized carbons (Fsp3) is 0.350. The highest BCUT2D eigenvalue weighted by Crippen LogP contribution is 2.25. The molecule has 0 unspecified atom stereocenters. The average molecular weight is 351 g/mol. The summed E-state index contributed by atoms with van der Waals surface area (Å²) in [5.41, 5.74) is 2.77. The summed E-state index contributed by atoms with van der Waals surface area (Å²) >= 11 is 0. The second kappa shape index (κ2) is 6.78. The summed E-state index contributed by atoms with van der Waals surface area (Å²) < 4.78 is 3.66. The first kappa shape index (κ1) is 17.9. The highest BCUT2D eigenvalue weighted by molar-refractivity contribution is 6.04. The van der Waals surface area contributed by atoms with Crippen LogP contribution in [0.3, 0.4) is 0 Å². The second-order valence-corrected chi connectivity index (χ2v) is 7.61. The van der Waals surface area contributed by atoms with Gasteiger partial charge in [0.05, 0.1) is 16.9 Å². The lowest BCUT2D eigenvalue weighted by atomic mass is 10.1. The van der Waals surface area contributed by atoms with Gasteiger partial charge in [-0.05, 0) is 51.0 Å². The van der Waals surface area contributed by atoms with Gasteiger partial charge in [0.25, 0.3) is 5.91 Å². The third-order valence-corrected chi connectivity index (χ3v) is 4.10. The number of rotatable bonds is 4. The number of carbonyl (C=O) groups is 1. The van der Waals surface area contributed by atoms with Crippen molar-refractivity contribution in [3.05, 3.63) is 60.2 Å². The minimum Gasteiger partial charge on any atom is -0.319 e. The number of benzene rings is 1. The highest BCUT2D eigenvalue weighted by Gasteiger charge is 2.24. The molecule has 0 saturated carbocycles. The molecule has 2 aromatic heterocycles.